The number of H-pyrrole nitrogens is 1. The summed E-state index contributed by atoms with van der Waals surface area (Å²) in [6, 6.07) is 5.30. The highest BCUT2D eigenvalue weighted by molar-refractivity contribution is 5.94. The van der Waals surface area contributed by atoms with Gasteiger partial charge in [0.2, 0.25) is 0 Å². The summed E-state index contributed by atoms with van der Waals surface area (Å²) in [7, 11) is 1.60. The van der Waals surface area contributed by atoms with Crippen molar-refractivity contribution in [2.24, 2.45) is 0 Å². The Labute approximate surface area is 118 Å². The standard InChI is InChI=1S/C15H19N3O2/c1-4-12(14-16-7-8-17-14)18-15(19)11-6-5-10(2)13(9-11)20-3/h5-9,12H,4H2,1-3H3,(H,16,17)(H,18,19). The number of carbonyl (C=O) groups excluding carboxylic acids is 1. The van der Waals surface area contributed by atoms with Gasteiger partial charge in [0, 0.05) is 18.0 Å². The van der Waals surface area contributed by atoms with Gasteiger partial charge in [0.1, 0.15) is 11.6 Å². The molecule has 0 aliphatic rings. The van der Waals surface area contributed by atoms with Crippen LogP contribution in [0.2, 0.25) is 0 Å². The van der Waals surface area contributed by atoms with E-state index in [-0.39, 0.29) is 11.9 Å². The molecule has 0 saturated carbocycles. The molecule has 0 spiro atoms. The number of nitrogens with zero attached hydrogens (tertiary/aromatic N) is 1. The molecule has 0 fully saturated rings. The number of methoxy groups -OCH3 is 1. The fourth-order valence-corrected chi connectivity index (χ4v) is 2.03. The van der Waals surface area contributed by atoms with Crippen LogP contribution in [0.25, 0.3) is 0 Å². The molecule has 0 aliphatic carbocycles. The van der Waals surface area contributed by atoms with E-state index in [1.54, 1.807) is 31.6 Å². The van der Waals surface area contributed by atoms with Gasteiger partial charge in [-0.05, 0) is 31.0 Å². The van der Waals surface area contributed by atoms with Crippen LogP contribution in [-0.4, -0.2) is 23.0 Å². The third-order valence-corrected chi connectivity index (χ3v) is 3.23. The molecule has 1 atom stereocenters. The largest absolute Gasteiger partial charge is 0.496 e. The first-order valence-corrected chi connectivity index (χ1v) is 6.60. The van der Waals surface area contributed by atoms with Gasteiger partial charge >= 0.3 is 0 Å². The quantitative estimate of drug-likeness (QED) is 0.880. The fourth-order valence-electron chi connectivity index (χ4n) is 2.03. The first kappa shape index (κ1) is 14.1. The van der Waals surface area contributed by atoms with E-state index in [1.165, 1.54) is 0 Å². The summed E-state index contributed by atoms with van der Waals surface area (Å²) in [5, 5.41) is 2.97. The molecule has 2 N–H and O–H groups in total. The van der Waals surface area contributed by atoms with Gasteiger partial charge in [-0.3, -0.25) is 4.79 Å². The SMILES string of the molecule is CCC(NC(=O)c1ccc(C)c(OC)c1)c1ncc[nH]1. The minimum Gasteiger partial charge on any atom is -0.496 e. The van der Waals surface area contributed by atoms with Crippen LogP contribution in [0.5, 0.6) is 5.75 Å². The minimum atomic E-state index is -0.133. The Balaban J connectivity index is 2.15. The minimum absolute atomic E-state index is 0.121. The molecule has 1 aromatic heterocycles. The van der Waals surface area contributed by atoms with E-state index in [2.05, 4.69) is 15.3 Å². The van der Waals surface area contributed by atoms with Crippen LogP contribution in [0.4, 0.5) is 0 Å². The van der Waals surface area contributed by atoms with E-state index in [1.807, 2.05) is 19.9 Å². The monoisotopic (exact) mass is 273 g/mol. The van der Waals surface area contributed by atoms with Gasteiger partial charge in [0.05, 0.1) is 13.2 Å². The molecule has 0 radical (unpaired) electrons. The lowest BCUT2D eigenvalue weighted by Gasteiger charge is -2.15. The zero-order valence-electron chi connectivity index (χ0n) is 11.9. The Bertz CT molecular complexity index is 579. The topological polar surface area (TPSA) is 67.0 Å². The lowest BCUT2D eigenvalue weighted by molar-refractivity contribution is 0.0933. The number of carbonyl (C=O) groups is 1. The van der Waals surface area contributed by atoms with Crippen molar-refractivity contribution in [2.75, 3.05) is 7.11 Å². The van der Waals surface area contributed by atoms with Crippen LogP contribution in [0, 0.1) is 6.92 Å². The highest BCUT2D eigenvalue weighted by Gasteiger charge is 2.16. The number of aromatic nitrogens is 2. The third-order valence-electron chi connectivity index (χ3n) is 3.23. The first-order chi connectivity index (χ1) is 9.65. The van der Waals surface area contributed by atoms with E-state index in [4.69, 9.17) is 4.74 Å². The van der Waals surface area contributed by atoms with Crippen LogP contribution >= 0.6 is 0 Å². The van der Waals surface area contributed by atoms with E-state index < -0.39 is 0 Å². The molecule has 1 unspecified atom stereocenters. The molecule has 2 aromatic rings. The van der Waals surface area contributed by atoms with Crippen molar-refractivity contribution in [3.8, 4) is 5.75 Å². The zero-order chi connectivity index (χ0) is 14.5. The van der Waals surface area contributed by atoms with E-state index >= 15 is 0 Å². The van der Waals surface area contributed by atoms with Crippen LogP contribution in [0.15, 0.2) is 30.6 Å². The zero-order valence-corrected chi connectivity index (χ0v) is 11.9. The van der Waals surface area contributed by atoms with Crippen LogP contribution in [0.3, 0.4) is 0 Å². The second-order valence-corrected chi connectivity index (χ2v) is 4.59. The molecule has 2 rings (SSSR count). The van der Waals surface area contributed by atoms with E-state index in [0.717, 1.165) is 17.8 Å². The Morgan fingerprint density at radius 1 is 1.50 bits per heavy atom. The highest BCUT2D eigenvalue weighted by atomic mass is 16.5. The van der Waals surface area contributed by atoms with Gasteiger partial charge in [-0.2, -0.15) is 0 Å². The van der Waals surface area contributed by atoms with E-state index in [9.17, 15) is 4.79 Å². The molecule has 5 heteroatoms. The van der Waals surface area contributed by atoms with Gasteiger partial charge in [-0.1, -0.05) is 13.0 Å². The summed E-state index contributed by atoms with van der Waals surface area (Å²) in [4.78, 5) is 19.5. The van der Waals surface area contributed by atoms with Crippen molar-refractivity contribution in [1.82, 2.24) is 15.3 Å². The molecule has 0 aliphatic heterocycles. The predicted molar refractivity (Wildman–Crippen MR) is 76.8 cm³/mol. The molecule has 5 nitrogen and oxygen atoms in total. The van der Waals surface area contributed by atoms with Gasteiger partial charge in [0.25, 0.3) is 5.91 Å². The van der Waals surface area contributed by atoms with Crippen molar-refractivity contribution in [2.45, 2.75) is 26.3 Å². The maximum atomic E-state index is 12.3. The predicted octanol–water partition coefficient (Wildman–Crippen LogP) is 2.61. The van der Waals surface area contributed by atoms with Gasteiger partial charge in [-0.25, -0.2) is 4.98 Å². The average Bonchev–Trinajstić information content (AvgIpc) is 2.99. The summed E-state index contributed by atoms with van der Waals surface area (Å²) >= 11 is 0. The lowest BCUT2D eigenvalue weighted by atomic mass is 10.1. The molecule has 1 amide bonds. The van der Waals surface area contributed by atoms with Crippen LogP contribution < -0.4 is 10.1 Å². The lowest BCUT2D eigenvalue weighted by Crippen LogP contribution is -2.28. The number of nitrogens with one attached hydrogen (secondary N) is 2. The average molecular weight is 273 g/mol. The number of aryl methyl sites for hydroxylation is 1. The summed E-state index contributed by atoms with van der Waals surface area (Å²) in [5.74, 6) is 1.34. The number of imidazole rings is 1. The normalized spacial score (nSPS) is 11.9. The van der Waals surface area contributed by atoms with Gasteiger partial charge < -0.3 is 15.0 Å². The van der Waals surface area contributed by atoms with Crippen LogP contribution in [-0.2, 0) is 0 Å². The molecule has 1 heterocycles. The highest BCUT2D eigenvalue weighted by Crippen LogP contribution is 2.20. The van der Waals surface area contributed by atoms with E-state index in [0.29, 0.717) is 11.3 Å². The molecular formula is C15H19N3O2. The molecule has 106 valence electrons. The number of amides is 1. The van der Waals surface area contributed by atoms with Crippen molar-refractivity contribution in [3.63, 3.8) is 0 Å². The van der Waals surface area contributed by atoms with Gasteiger partial charge in [-0.15, -0.1) is 0 Å². The Hall–Kier alpha value is -2.30. The molecule has 0 saturated heterocycles. The number of ether oxygens (including phenoxy) is 1. The molecular weight excluding hydrogens is 254 g/mol. The summed E-state index contributed by atoms with van der Waals surface area (Å²) in [6.07, 6.45) is 4.19. The molecule has 1 aromatic carbocycles. The Kier molecular flexibility index (Phi) is 4.40. The first-order valence-electron chi connectivity index (χ1n) is 6.60. The van der Waals surface area contributed by atoms with Crippen LogP contribution in [0.1, 0.15) is 41.1 Å². The summed E-state index contributed by atoms with van der Waals surface area (Å²) in [5.41, 5.74) is 1.58. The van der Waals surface area contributed by atoms with Gasteiger partial charge in [0.15, 0.2) is 0 Å². The number of rotatable bonds is 5. The van der Waals surface area contributed by atoms with Crippen molar-refractivity contribution >= 4 is 5.91 Å². The molecule has 0 bridgehead atoms. The Morgan fingerprint density at radius 2 is 2.30 bits per heavy atom. The summed E-state index contributed by atoms with van der Waals surface area (Å²) in [6.45, 7) is 3.95. The number of hydrogen-bond donors (Lipinski definition) is 2. The smallest absolute Gasteiger partial charge is 0.252 e. The number of hydrogen-bond acceptors (Lipinski definition) is 3. The fraction of sp³-hybridized carbons (Fsp3) is 0.333. The second-order valence-electron chi connectivity index (χ2n) is 4.59. The van der Waals surface area contributed by atoms with Crippen molar-refractivity contribution in [1.29, 1.82) is 0 Å². The van der Waals surface area contributed by atoms with Crippen molar-refractivity contribution in [3.05, 3.63) is 47.5 Å². The Morgan fingerprint density at radius 3 is 2.90 bits per heavy atom. The number of aromatic amines is 1. The third kappa shape index (κ3) is 2.99. The second kappa shape index (κ2) is 6.23. The number of benzene rings is 1. The molecule has 20 heavy (non-hydrogen) atoms. The maximum Gasteiger partial charge on any atom is 0.252 e. The maximum absolute atomic E-state index is 12.3. The van der Waals surface area contributed by atoms with Crippen molar-refractivity contribution < 1.29 is 9.53 Å². The summed E-state index contributed by atoms with van der Waals surface area (Å²) < 4.78 is 5.24.